The van der Waals surface area contributed by atoms with Crippen LogP contribution in [0.25, 0.3) is 0 Å². The number of rotatable bonds is 4. The lowest BCUT2D eigenvalue weighted by atomic mass is 9.73. The molecule has 0 aromatic heterocycles. The first-order valence-corrected chi connectivity index (χ1v) is 10.9. The Labute approximate surface area is 187 Å². The van der Waals surface area contributed by atoms with Crippen LogP contribution in [0.3, 0.4) is 0 Å². The van der Waals surface area contributed by atoms with Crippen LogP contribution in [0.2, 0.25) is 0 Å². The monoisotopic (exact) mass is 434 g/mol. The molecule has 2 fully saturated rings. The number of carbonyl (C=O) groups excluding carboxylic acids is 2. The van der Waals surface area contributed by atoms with E-state index in [2.05, 4.69) is 25.7 Å². The van der Waals surface area contributed by atoms with E-state index in [1.807, 2.05) is 24.3 Å². The first-order valence-electron chi connectivity index (χ1n) is 10.9. The highest BCUT2D eigenvalue weighted by Gasteiger charge is 2.54. The van der Waals surface area contributed by atoms with Crippen molar-refractivity contribution >= 4 is 11.8 Å². The van der Waals surface area contributed by atoms with Gasteiger partial charge in [0.15, 0.2) is 0 Å². The zero-order chi connectivity index (χ0) is 22.8. The Morgan fingerprint density at radius 3 is 2.62 bits per heavy atom. The lowest BCUT2D eigenvalue weighted by molar-refractivity contribution is -0.159. The van der Waals surface area contributed by atoms with Gasteiger partial charge in [-0.3, -0.25) is 9.59 Å². The molecule has 3 atom stereocenters. The first-order chi connectivity index (χ1) is 15.4. The number of aliphatic hydroxyl groups is 1. The molecule has 5 nitrogen and oxygen atoms in total. The third kappa shape index (κ3) is 4.26. The van der Waals surface area contributed by atoms with E-state index in [9.17, 15) is 19.1 Å². The fraction of sp³-hybridized carbons (Fsp3) is 0.385. The SMILES string of the molecule is CC(C)CC#Cc1ccc([C@H]2[C@H]3CN(C(=O)c4cccc(F)c4)CC(=O)N3[C@H]2CO)cc1. The number of amides is 2. The topological polar surface area (TPSA) is 60.9 Å². The van der Waals surface area contributed by atoms with Gasteiger partial charge in [0.2, 0.25) is 5.91 Å². The van der Waals surface area contributed by atoms with Crippen molar-refractivity contribution in [2.75, 3.05) is 19.7 Å². The molecule has 6 heteroatoms. The molecule has 2 aromatic rings. The molecule has 0 aliphatic carbocycles. The van der Waals surface area contributed by atoms with Crippen LogP contribution in [-0.2, 0) is 4.79 Å². The third-order valence-electron chi connectivity index (χ3n) is 6.15. The van der Waals surface area contributed by atoms with Gasteiger partial charge < -0.3 is 14.9 Å². The molecule has 2 aliphatic heterocycles. The number of aliphatic hydroxyl groups excluding tert-OH is 1. The summed E-state index contributed by atoms with van der Waals surface area (Å²) in [5, 5.41) is 9.94. The molecule has 1 N–H and O–H groups in total. The molecule has 2 heterocycles. The van der Waals surface area contributed by atoms with Crippen LogP contribution in [0.1, 0.15) is 47.7 Å². The molecule has 0 saturated carbocycles. The number of halogens is 1. The van der Waals surface area contributed by atoms with E-state index in [-0.39, 0.29) is 48.5 Å². The van der Waals surface area contributed by atoms with E-state index in [1.54, 1.807) is 11.0 Å². The summed E-state index contributed by atoms with van der Waals surface area (Å²) in [4.78, 5) is 28.8. The summed E-state index contributed by atoms with van der Waals surface area (Å²) in [5.41, 5.74) is 2.16. The quantitative estimate of drug-likeness (QED) is 0.753. The van der Waals surface area contributed by atoms with Gasteiger partial charge in [0, 0.05) is 30.0 Å². The molecule has 0 bridgehead atoms. The summed E-state index contributed by atoms with van der Waals surface area (Å²) in [5.74, 6) is 5.74. The Hall–Kier alpha value is -3.17. The number of piperazine rings is 1. The normalized spacial score (nSPS) is 22.2. The van der Waals surface area contributed by atoms with Gasteiger partial charge in [0.05, 0.1) is 18.7 Å². The van der Waals surface area contributed by atoms with Crippen LogP contribution in [-0.4, -0.2) is 58.5 Å². The lowest BCUT2D eigenvalue weighted by Crippen LogP contribution is -2.73. The molecule has 4 rings (SSSR count). The molecule has 2 aromatic carbocycles. The summed E-state index contributed by atoms with van der Waals surface area (Å²) in [6, 6.07) is 12.9. The van der Waals surface area contributed by atoms with E-state index in [1.165, 1.54) is 23.1 Å². The Kier molecular flexibility index (Phi) is 6.29. The fourth-order valence-corrected chi connectivity index (χ4v) is 4.60. The highest BCUT2D eigenvalue weighted by Crippen LogP contribution is 2.43. The minimum absolute atomic E-state index is 0.0700. The summed E-state index contributed by atoms with van der Waals surface area (Å²) in [7, 11) is 0. The first kappa shape index (κ1) is 22.0. The van der Waals surface area contributed by atoms with Crippen LogP contribution >= 0.6 is 0 Å². The van der Waals surface area contributed by atoms with E-state index >= 15 is 0 Å². The number of benzene rings is 2. The Bertz CT molecular complexity index is 1070. The second-order valence-corrected chi connectivity index (χ2v) is 8.86. The third-order valence-corrected chi connectivity index (χ3v) is 6.15. The molecule has 0 radical (unpaired) electrons. The summed E-state index contributed by atoms with van der Waals surface area (Å²) >= 11 is 0. The minimum atomic E-state index is -0.487. The lowest BCUT2D eigenvalue weighted by Gasteiger charge is -2.58. The van der Waals surface area contributed by atoms with Crippen LogP contribution in [0.5, 0.6) is 0 Å². The molecule has 166 valence electrons. The van der Waals surface area contributed by atoms with Crippen molar-refractivity contribution in [1.82, 2.24) is 9.80 Å². The van der Waals surface area contributed by atoms with Crippen molar-refractivity contribution in [2.24, 2.45) is 5.92 Å². The van der Waals surface area contributed by atoms with E-state index < -0.39 is 5.82 Å². The molecule has 32 heavy (non-hydrogen) atoms. The maximum absolute atomic E-state index is 13.6. The molecular formula is C26H27FN2O3. The standard InChI is InChI=1S/C26H27FN2O3/c1-17(2)5-3-6-18-9-11-19(12-10-18)25-22-14-28(15-24(31)29(22)23(25)16-30)26(32)20-7-4-8-21(27)13-20/h4,7-13,17,22-23,25,30H,5,14-16H2,1-2H3/t22-,23+,25+/m1/s1. The Morgan fingerprint density at radius 1 is 1.22 bits per heavy atom. The molecule has 0 spiro atoms. The van der Waals surface area contributed by atoms with Gasteiger partial charge in [-0.1, -0.05) is 43.9 Å². The van der Waals surface area contributed by atoms with Crippen LogP contribution in [0.4, 0.5) is 4.39 Å². The molecule has 2 saturated heterocycles. The average molecular weight is 435 g/mol. The number of hydrogen-bond donors (Lipinski definition) is 1. The summed E-state index contributed by atoms with van der Waals surface area (Å²) in [6.45, 7) is 4.39. The molecular weight excluding hydrogens is 407 g/mol. The summed E-state index contributed by atoms with van der Waals surface area (Å²) < 4.78 is 13.6. The number of carbonyl (C=O) groups is 2. The largest absolute Gasteiger partial charge is 0.394 e. The smallest absolute Gasteiger partial charge is 0.254 e. The maximum atomic E-state index is 13.6. The van der Waals surface area contributed by atoms with Crippen molar-refractivity contribution in [3.05, 3.63) is 71.0 Å². The van der Waals surface area contributed by atoms with Gasteiger partial charge in [-0.15, -0.1) is 0 Å². The van der Waals surface area contributed by atoms with E-state index in [0.29, 0.717) is 12.5 Å². The van der Waals surface area contributed by atoms with Crippen molar-refractivity contribution in [3.8, 4) is 11.8 Å². The van der Waals surface area contributed by atoms with Gasteiger partial charge >= 0.3 is 0 Å². The van der Waals surface area contributed by atoms with E-state index in [4.69, 9.17) is 0 Å². The molecule has 2 aliphatic rings. The summed E-state index contributed by atoms with van der Waals surface area (Å²) in [6.07, 6.45) is 0.839. The van der Waals surface area contributed by atoms with Crippen LogP contribution in [0.15, 0.2) is 48.5 Å². The number of nitrogens with zero attached hydrogens (tertiary/aromatic N) is 2. The van der Waals surface area contributed by atoms with Crippen LogP contribution in [0, 0.1) is 23.6 Å². The average Bonchev–Trinajstić information content (AvgIpc) is 2.75. The molecule has 2 amide bonds. The van der Waals surface area contributed by atoms with Gasteiger partial charge in [0.1, 0.15) is 12.4 Å². The fourth-order valence-electron chi connectivity index (χ4n) is 4.60. The highest BCUT2D eigenvalue weighted by molar-refractivity contribution is 5.97. The van der Waals surface area contributed by atoms with E-state index in [0.717, 1.165) is 17.5 Å². The highest BCUT2D eigenvalue weighted by atomic mass is 19.1. The van der Waals surface area contributed by atoms with Crippen molar-refractivity contribution < 1.29 is 19.1 Å². The predicted molar refractivity (Wildman–Crippen MR) is 119 cm³/mol. The van der Waals surface area contributed by atoms with Crippen LogP contribution < -0.4 is 0 Å². The van der Waals surface area contributed by atoms with Crippen molar-refractivity contribution in [3.63, 3.8) is 0 Å². The maximum Gasteiger partial charge on any atom is 0.254 e. The van der Waals surface area contributed by atoms with Gasteiger partial charge in [-0.2, -0.15) is 0 Å². The Morgan fingerprint density at radius 2 is 1.97 bits per heavy atom. The van der Waals surface area contributed by atoms with Crippen molar-refractivity contribution in [2.45, 2.75) is 38.3 Å². The van der Waals surface area contributed by atoms with Gasteiger partial charge in [-0.05, 0) is 41.8 Å². The number of hydrogen-bond acceptors (Lipinski definition) is 3. The minimum Gasteiger partial charge on any atom is -0.394 e. The van der Waals surface area contributed by atoms with Gasteiger partial charge in [0.25, 0.3) is 5.91 Å². The Balaban J connectivity index is 1.53. The zero-order valence-electron chi connectivity index (χ0n) is 18.3. The van der Waals surface area contributed by atoms with Gasteiger partial charge in [-0.25, -0.2) is 4.39 Å². The zero-order valence-corrected chi connectivity index (χ0v) is 18.3. The second kappa shape index (κ2) is 9.13. The number of fused-ring (bicyclic) bond motifs is 1. The molecule has 0 unspecified atom stereocenters. The predicted octanol–water partition coefficient (Wildman–Crippen LogP) is 3.03. The van der Waals surface area contributed by atoms with Crippen molar-refractivity contribution in [1.29, 1.82) is 0 Å². The second-order valence-electron chi connectivity index (χ2n) is 8.86.